The van der Waals surface area contributed by atoms with Crippen LogP contribution >= 0.6 is 15.9 Å². The van der Waals surface area contributed by atoms with Crippen molar-refractivity contribution in [3.8, 4) is 0 Å². The number of carbonyl (C=O) groups is 2. The zero-order valence-corrected chi connectivity index (χ0v) is 25.8. The fourth-order valence-corrected chi connectivity index (χ4v) is 5.92. The molecule has 0 aromatic heterocycles. The minimum absolute atomic E-state index is 0.0226. The summed E-state index contributed by atoms with van der Waals surface area (Å²) in [5.41, 5.74) is 2.11. The molecule has 0 heterocycles. The van der Waals surface area contributed by atoms with E-state index in [0.29, 0.717) is 18.7 Å². The summed E-state index contributed by atoms with van der Waals surface area (Å²) in [6.45, 7) is 2.81. The maximum absolute atomic E-state index is 13.8. The minimum atomic E-state index is -3.67. The van der Waals surface area contributed by atoms with E-state index in [2.05, 4.69) is 21.2 Å². The second-order valence-electron chi connectivity index (χ2n) is 9.92. The summed E-state index contributed by atoms with van der Waals surface area (Å²) in [4.78, 5) is 28.9. The van der Waals surface area contributed by atoms with Crippen LogP contribution in [0.4, 0.5) is 10.1 Å². The molecule has 1 N–H and O–H groups in total. The Morgan fingerprint density at radius 3 is 2.27 bits per heavy atom. The first-order valence-corrected chi connectivity index (χ1v) is 16.3. The Balaban J connectivity index is 1.86. The molecule has 0 aliphatic carbocycles. The third-order valence-electron chi connectivity index (χ3n) is 6.61. The lowest BCUT2D eigenvalue weighted by Crippen LogP contribution is -2.50. The SMILES string of the molecule is CCCCNC(=O)[C@H](Cc1ccccc1)N(Cc1cccc(Br)c1)C(=O)CCCN(c1ccc(F)cc1)S(C)(=O)=O. The molecule has 41 heavy (non-hydrogen) atoms. The largest absolute Gasteiger partial charge is 0.354 e. The number of sulfonamides is 1. The Bertz CT molecular complexity index is 1390. The van der Waals surface area contributed by atoms with Gasteiger partial charge in [-0.3, -0.25) is 13.9 Å². The normalized spacial score (nSPS) is 12.0. The highest BCUT2D eigenvalue weighted by atomic mass is 79.9. The summed E-state index contributed by atoms with van der Waals surface area (Å²) >= 11 is 3.49. The summed E-state index contributed by atoms with van der Waals surface area (Å²) < 4.78 is 40.5. The van der Waals surface area contributed by atoms with Gasteiger partial charge in [0.25, 0.3) is 0 Å². The van der Waals surface area contributed by atoms with E-state index in [1.54, 1.807) is 4.90 Å². The molecule has 0 unspecified atom stereocenters. The number of unbranched alkanes of at least 4 members (excludes halogenated alkanes) is 1. The Kier molecular flexibility index (Phi) is 12.3. The number of benzene rings is 3. The van der Waals surface area contributed by atoms with Crippen molar-refractivity contribution in [2.75, 3.05) is 23.7 Å². The van der Waals surface area contributed by atoms with Crippen molar-refractivity contribution in [1.82, 2.24) is 10.2 Å². The molecule has 7 nitrogen and oxygen atoms in total. The first-order chi connectivity index (χ1) is 19.6. The van der Waals surface area contributed by atoms with Crippen molar-refractivity contribution in [2.45, 2.75) is 51.6 Å². The van der Waals surface area contributed by atoms with Crippen molar-refractivity contribution < 1.29 is 22.4 Å². The van der Waals surface area contributed by atoms with Gasteiger partial charge < -0.3 is 10.2 Å². The molecule has 0 bridgehead atoms. The standard InChI is InChI=1S/C31H37BrFN3O4S/c1-3-4-19-34-31(38)29(22-24-10-6-5-7-11-24)35(23-25-12-8-13-26(32)21-25)30(37)14-9-20-36(41(2,39)40)28-17-15-27(33)16-18-28/h5-8,10-13,15-18,21,29H,3-4,9,14,19-20,22-23H2,1-2H3,(H,34,38)/t29-/m0/s1. The number of halogens is 2. The van der Waals surface area contributed by atoms with Gasteiger partial charge in [-0.2, -0.15) is 0 Å². The molecule has 0 fully saturated rings. The van der Waals surface area contributed by atoms with Crippen molar-refractivity contribution in [3.05, 3.63) is 100 Å². The highest BCUT2D eigenvalue weighted by Crippen LogP contribution is 2.21. The predicted octanol–water partition coefficient (Wildman–Crippen LogP) is 5.69. The number of anilines is 1. The van der Waals surface area contributed by atoms with Gasteiger partial charge in [-0.25, -0.2) is 12.8 Å². The Morgan fingerprint density at radius 1 is 0.951 bits per heavy atom. The van der Waals surface area contributed by atoms with Crippen LogP contribution in [0.25, 0.3) is 0 Å². The highest BCUT2D eigenvalue weighted by Gasteiger charge is 2.30. The number of carbonyl (C=O) groups excluding carboxylic acids is 2. The fourth-order valence-electron chi connectivity index (χ4n) is 4.50. The van der Waals surface area contributed by atoms with Gasteiger partial charge >= 0.3 is 0 Å². The summed E-state index contributed by atoms with van der Waals surface area (Å²) in [5.74, 6) is -0.957. The third kappa shape index (κ3) is 10.3. The molecule has 0 aliphatic heterocycles. The molecule has 3 aromatic carbocycles. The average Bonchev–Trinajstić information content (AvgIpc) is 2.93. The third-order valence-corrected chi connectivity index (χ3v) is 8.30. The molecule has 10 heteroatoms. The van der Waals surface area contributed by atoms with Gasteiger partial charge in [0.05, 0.1) is 11.9 Å². The van der Waals surface area contributed by atoms with Gasteiger partial charge in [-0.1, -0.05) is 71.7 Å². The Labute approximate surface area is 250 Å². The number of nitrogens with one attached hydrogen (secondary N) is 1. The van der Waals surface area contributed by atoms with Gasteiger partial charge in [-0.05, 0) is 60.4 Å². The summed E-state index contributed by atoms with van der Waals surface area (Å²) in [6.07, 6.45) is 3.41. The predicted molar refractivity (Wildman–Crippen MR) is 164 cm³/mol. The lowest BCUT2D eigenvalue weighted by atomic mass is 10.0. The highest BCUT2D eigenvalue weighted by molar-refractivity contribution is 9.10. The second kappa shape index (κ2) is 15.7. The first kappa shape index (κ1) is 32.3. The van der Waals surface area contributed by atoms with Gasteiger partial charge in [0.2, 0.25) is 21.8 Å². The molecule has 0 radical (unpaired) electrons. The molecule has 3 rings (SSSR count). The molecule has 0 saturated carbocycles. The van der Waals surface area contributed by atoms with E-state index in [-0.39, 0.29) is 37.7 Å². The first-order valence-electron chi connectivity index (χ1n) is 13.7. The van der Waals surface area contributed by atoms with Crippen molar-refractivity contribution in [2.24, 2.45) is 0 Å². The number of rotatable bonds is 15. The van der Waals surface area contributed by atoms with E-state index in [9.17, 15) is 22.4 Å². The van der Waals surface area contributed by atoms with Crippen LogP contribution in [-0.4, -0.2) is 50.5 Å². The smallest absolute Gasteiger partial charge is 0.243 e. The van der Waals surface area contributed by atoms with Crippen LogP contribution in [0.15, 0.2) is 83.3 Å². The van der Waals surface area contributed by atoms with Gasteiger partial charge in [0.1, 0.15) is 11.9 Å². The van der Waals surface area contributed by atoms with Crippen LogP contribution in [0.2, 0.25) is 0 Å². The molecule has 0 spiro atoms. The molecule has 2 amide bonds. The van der Waals surface area contributed by atoms with Crippen LogP contribution in [0.5, 0.6) is 0 Å². The molecule has 0 aliphatic rings. The van der Waals surface area contributed by atoms with Crippen LogP contribution in [0, 0.1) is 5.82 Å². The van der Waals surface area contributed by atoms with Gasteiger partial charge in [0.15, 0.2) is 0 Å². The van der Waals surface area contributed by atoms with E-state index >= 15 is 0 Å². The van der Waals surface area contributed by atoms with E-state index < -0.39 is 21.9 Å². The Hall–Kier alpha value is -3.24. The van der Waals surface area contributed by atoms with Crippen LogP contribution < -0.4 is 9.62 Å². The summed E-state index contributed by atoms with van der Waals surface area (Å²) in [5, 5.41) is 3.00. The van der Waals surface area contributed by atoms with Crippen molar-refractivity contribution >= 4 is 43.5 Å². The van der Waals surface area contributed by atoms with Crippen LogP contribution in [-0.2, 0) is 32.6 Å². The number of hydrogen-bond donors (Lipinski definition) is 1. The molecule has 1 atom stereocenters. The lowest BCUT2D eigenvalue weighted by Gasteiger charge is -2.32. The maximum Gasteiger partial charge on any atom is 0.243 e. The van der Waals surface area contributed by atoms with E-state index in [1.165, 1.54) is 24.3 Å². The topological polar surface area (TPSA) is 86.8 Å². The van der Waals surface area contributed by atoms with Crippen LogP contribution in [0.1, 0.15) is 43.7 Å². The Morgan fingerprint density at radius 2 is 1.63 bits per heavy atom. The minimum Gasteiger partial charge on any atom is -0.354 e. The quantitative estimate of drug-likeness (QED) is 0.215. The molecule has 3 aromatic rings. The number of amides is 2. The maximum atomic E-state index is 13.8. The molecule has 0 saturated heterocycles. The van der Waals surface area contributed by atoms with E-state index in [1.807, 2.05) is 61.5 Å². The summed E-state index contributed by atoms with van der Waals surface area (Å²) in [6, 6.07) is 21.6. The van der Waals surface area contributed by atoms with Gasteiger partial charge in [0, 0.05) is 36.9 Å². The van der Waals surface area contributed by atoms with Gasteiger partial charge in [-0.15, -0.1) is 0 Å². The zero-order valence-electron chi connectivity index (χ0n) is 23.4. The molecular weight excluding hydrogens is 609 g/mol. The van der Waals surface area contributed by atoms with E-state index in [4.69, 9.17) is 0 Å². The monoisotopic (exact) mass is 645 g/mol. The average molecular weight is 647 g/mol. The lowest BCUT2D eigenvalue weighted by molar-refractivity contribution is -0.141. The molecular formula is C31H37BrFN3O4S. The van der Waals surface area contributed by atoms with Crippen molar-refractivity contribution in [1.29, 1.82) is 0 Å². The molecule has 220 valence electrons. The number of hydrogen-bond acceptors (Lipinski definition) is 4. The van der Waals surface area contributed by atoms with Crippen molar-refractivity contribution in [3.63, 3.8) is 0 Å². The number of nitrogens with zero attached hydrogens (tertiary/aromatic N) is 2. The van der Waals surface area contributed by atoms with Crippen LogP contribution in [0.3, 0.4) is 0 Å². The van der Waals surface area contributed by atoms with E-state index in [0.717, 1.165) is 39.0 Å². The second-order valence-corrected chi connectivity index (χ2v) is 12.7. The summed E-state index contributed by atoms with van der Waals surface area (Å²) in [7, 11) is -3.67. The fraction of sp³-hybridized carbons (Fsp3) is 0.355. The zero-order chi connectivity index (χ0) is 29.8.